The van der Waals surface area contributed by atoms with Crippen molar-refractivity contribution < 1.29 is 18.0 Å². The fraction of sp³-hybridized carbons (Fsp3) is 0.391. The van der Waals surface area contributed by atoms with E-state index in [1.165, 1.54) is 0 Å². The topological polar surface area (TPSA) is 111 Å². The predicted octanol–water partition coefficient (Wildman–Crippen LogP) is 1.31. The fourth-order valence-electron chi connectivity index (χ4n) is 3.89. The van der Waals surface area contributed by atoms with Gasteiger partial charge in [-0.2, -0.15) is 0 Å². The molecule has 0 spiro atoms. The Morgan fingerprint density at radius 1 is 1.03 bits per heavy atom. The maximum absolute atomic E-state index is 13.4. The lowest BCUT2D eigenvalue weighted by Crippen LogP contribution is -2.56. The van der Waals surface area contributed by atoms with Crippen molar-refractivity contribution >= 4 is 44.8 Å². The number of sulfonamides is 1. The van der Waals surface area contributed by atoms with Gasteiger partial charge in [-0.05, 0) is 36.9 Å². The molecule has 1 fully saturated rings. The number of amides is 2. The van der Waals surface area contributed by atoms with Gasteiger partial charge < -0.3 is 20.4 Å². The molecule has 0 aliphatic carbocycles. The molecule has 2 amide bonds. The lowest BCUT2D eigenvalue weighted by atomic mass is 10.0. The van der Waals surface area contributed by atoms with E-state index in [1.54, 1.807) is 36.2 Å². The normalized spacial score (nSPS) is 15.0. The van der Waals surface area contributed by atoms with E-state index in [2.05, 4.69) is 15.4 Å². The lowest BCUT2D eigenvalue weighted by Gasteiger charge is -2.38. The molecule has 184 valence electrons. The molecular formula is C23H30ClN5O4S. The Morgan fingerprint density at radius 3 is 2.29 bits per heavy atom. The van der Waals surface area contributed by atoms with E-state index in [0.29, 0.717) is 43.3 Å². The summed E-state index contributed by atoms with van der Waals surface area (Å²) in [7, 11) is -1.75. The van der Waals surface area contributed by atoms with Crippen LogP contribution in [-0.2, 0) is 26.0 Å². The molecule has 1 aliphatic heterocycles. The zero-order valence-electron chi connectivity index (χ0n) is 19.3. The minimum Gasteiger partial charge on any atom is -0.366 e. The minimum atomic E-state index is -3.42. The number of benzene rings is 2. The minimum absolute atomic E-state index is 0.113. The number of anilines is 2. The van der Waals surface area contributed by atoms with Crippen molar-refractivity contribution in [2.24, 2.45) is 0 Å². The zero-order chi connectivity index (χ0) is 24.7. The number of para-hydroxylation sites is 2. The molecule has 1 heterocycles. The monoisotopic (exact) mass is 507 g/mol. The first-order chi connectivity index (χ1) is 16.2. The van der Waals surface area contributed by atoms with Crippen LogP contribution in [0.15, 0.2) is 48.5 Å². The molecule has 11 heteroatoms. The first-order valence-corrected chi connectivity index (χ1v) is 13.2. The number of carbonyl (C=O) groups is 2. The lowest BCUT2D eigenvalue weighted by molar-refractivity contribution is -0.136. The number of nitrogens with one attached hydrogen (secondary N) is 3. The number of carbonyl (C=O) groups excluding carboxylic acids is 2. The smallest absolute Gasteiger partial charge is 0.245 e. The molecule has 3 N–H and O–H groups in total. The molecule has 1 aliphatic rings. The SMILES string of the molecule is CNCC(=O)N[C@H](Cc1ccc(Cl)cc1)C(=O)N1CCN(c2ccccc2NS(C)(=O)=O)CC1. The third-order valence-electron chi connectivity index (χ3n) is 5.46. The molecule has 0 aromatic heterocycles. The summed E-state index contributed by atoms with van der Waals surface area (Å²) in [6.45, 7) is 2.08. The summed E-state index contributed by atoms with van der Waals surface area (Å²) in [6.07, 6.45) is 1.47. The van der Waals surface area contributed by atoms with E-state index in [-0.39, 0.29) is 18.4 Å². The summed E-state index contributed by atoms with van der Waals surface area (Å²) < 4.78 is 26.0. The van der Waals surface area contributed by atoms with Crippen LogP contribution in [0.3, 0.4) is 0 Å². The number of hydrogen-bond acceptors (Lipinski definition) is 6. The van der Waals surface area contributed by atoms with E-state index in [4.69, 9.17) is 11.6 Å². The highest BCUT2D eigenvalue weighted by atomic mass is 35.5. The van der Waals surface area contributed by atoms with Crippen LogP contribution in [0.25, 0.3) is 0 Å². The number of nitrogens with zero attached hydrogens (tertiary/aromatic N) is 2. The maximum atomic E-state index is 13.4. The van der Waals surface area contributed by atoms with Gasteiger partial charge in [0.2, 0.25) is 21.8 Å². The van der Waals surface area contributed by atoms with E-state index in [9.17, 15) is 18.0 Å². The molecule has 1 atom stereocenters. The highest BCUT2D eigenvalue weighted by Crippen LogP contribution is 2.27. The average Bonchev–Trinajstić information content (AvgIpc) is 2.79. The van der Waals surface area contributed by atoms with Gasteiger partial charge in [0.05, 0.1) is 24.2 Å². The second-order valence-electron chi connectivity index (χ2n) is 8.18. The van der Waals surface area contributed by atoms with Crippen LogP contribution in [0.4, 0.5) is 11.4 Å². The Kier molecular flexibility index (Phi) is 8.76. The fourth-order valence-corrected chi connectivity index (χ4v) is 4.58. The predicted molar refractivity (Wildman–Crippen MR) is 135 cm³/mol. The summed E-state index contributed by atoms with van der Waals surface area (Å²) in [5.41, 5.74) is 2.16. The van der Waals surface area contributed by atoms with Crippen LogP contribution in [-0.4, -0.2) is 77.2 Å². The van der Waals surface area contributed by atoms with Gasteiger partial charge >= 0.3 is 0 Å². The molecule has 0 radical (unpaired) electrons. The number of rotatable bonds is 9. The molecule has 2 aromatic rings. The number of piperazine rings is 1. The van der Waals surface area contributed by atoms with Gasteiger partial charge in [0.25, 0.3) is 0 Å². The van der Waals surface area contributed by atoms with Gasteiger partial charge in [-0.1, -0.05) is 35.9 Å². The molecule has 9 nitrogen and oxygen atoms in total. The average molecular weight is 508 g/mol. The van der Waals surface area contributed by atoms with Crippen LogP contribution in [0, 0.1) is 0 Å². The van der Waals surface area contributed by atoms with Crippen molar-refractivity contribution in [3.05, 3.63) is 59.1 Å². The molecule has 0 unspecified atom stereocenters. The van der Waals surface area contributed by atoms with Crippen molar-refractivity contribution in [2.45, 2.75) is 12.5 Å². The van der Waals surface area contributed by atoms with Crippen molar-refractivity contribution in [3.8, 4) is 0 Å². The Hall–Kier alpha value is -2.82. The third-order valence-corrected chi connectivity index (χ3v) is 6.30. The second kappa shape index (κ2) is 11.5. The van der Waals surface area contributed by atoms with Gasteiger partial charge in [0.1, 0.15) is 6.04 Å². The Balaban J connectivity index is 1.69. The highest BCUT2D eigenvalue weighted by molar-refractivity contribution is 7.92. The maximum Gasteiger partial charge on any atom is 0.245 e. The first kappa shape index (κ1) is 25.8. The molecule has 0 bridgehead atoms. The number of hydrogen-bond donors (Lipinski definition) is 3. The van der Waals surface area contributed by atoms with Crippen LogP contribution >= 0.6 is 11.6 Å². The van der Waals surface area contributed by atoms with E-state index in [1.807, 2.05) is 29.2 Å². The summed E-state index contributed by atoms with van der Waals surface area (Å²) in [5, 5.41) is 6.24. The van der Waals surface area contributed by atoms with Crippen LogP contribution in [0.2, 0.25) is 5.02 Å². The number of likely N-dealkylation sites (N-methyl/N-ethyl adjacent to an activating group) is 1. The molecule has 34 heavy (non-hydrogen) atoms. The molecular weight excluding hydrogens is 478 g/mol. The zero-order valence-corrected chi connectivity index (χ0v) is 20.8. The first-order valence-electron chi connectivity index (χ1n) is 11.0. The van der Waals surface area contributed by atoms with Gasteiger partial charge in [-0.15, -0.1) is 0 Å². The molecule has 3 rings (SSSR count). The van der Waals surface area contributed by atoms with Crippen LogP contribution in [0.5, 0.6) is 0 Å². The van der Waals surface area contributed by atoms with Crippen LogP contribution < -0.4 is 20.3 Å². The van der Waals surface area contributed by atoms with Crippen molar-refractivity contribution in [3.63, 3.8) is 0 Å². The summed E-state index contributed by atoms with van der Waals surface area (Å²) in [5.74, 6) is -0.407. The Morgan fingerprint density at radius 2 is 1.68 bits per heavy atom. The van der Waals surface area contributed by atoms with Crippen molar-refractivity contribution in [1.82, 2.24) is 15.5 Å². The summed E-state index contributed by atoms with van der Waals surface area (Å²) in [4.78, 5) is 29.4. The molecule has 1 saturated heterocycles. The van der Waals surface area contributed by atoms with Crippen molar-refractivity contribution in [2.75, 3.05) is 55.6 Å². The van der Waals surface area contributed by atoms with Crippen molar-refractivity contribution in [1.29, 1.82) is 0 Å². The van der Waals surface area contributed by atoms with Gasteiger partial charge in [-0.25, -0.2) is 8.42 Å². The van der Waals surface area contributed by atoms with Gasteiger partial charge in [-0.3, -0.25) is 14.3 Å². The Bertz CT molecular complexity index is 1100. The highest BCUT2D eigenvalue weighted by Gasteiger charge is 2.29. The van der Waals surface area contributed by atoms with E-state index >= 15 is 0 Å². The molecule has 0 saturated carbocycles. The van der Waals surface area contributed by atoms with Gasteiger partial charge in [0, 0.05) is 37.6 Å². The third kappa shape index (κ3) is 7.34. The molecule has 2 aromatic carbocycles. The van der Waals surface area contributed by atoms with Gasteiger partial charge in [0.15, 0.2) is 0 Å². The second-order valence-corrected chi connectivity index (χ2v) is 10.4. The van der Waals surface area contributed by atoms with Crippen LogP contribution in [0.1, 0.15) is 5.56 Å². The standard InChI is InChI=1S/C23H30ClN5O4S/c1-25-16-22(30)26-20(15-17-7-9-18(24)10-8-17)23(31)29-13-11-28(12-14-29)21-6-4-3-5-19(21)27-34(2,32)33/h3-10,20,25,27H,11-16H2,1-2H3,(H,26,30)/t20-/m1/s1. The summed E-state index contributed by atoms with van der Waals surface area (Å²) in [6, 6.07) is 13.7. The van der Waals surface area contributed by atoms with E-state index in [0.717, 1.165) is 17.5 Å². The van der Waals surface area contributed by atoms with E-state index < -0.39 is 16.1 Å². The largest absolute Gasteiger partial charge is 0.366 e. The quantitative estimate of drug-likeness (QED) is 0.472. The summed E-state index contributed by atoms with van der Waals surface area (Å²) >= 11 is 5.97. The Labute approximate surface area is 205 Å². The number of halogens is 1.